The average Bonchev–Trinajstić information content (AvgIpc) is 2.99. The van der Waals surface area contributed by atoms with Gasteiger partial charge in [0.05, 0.1) is 20.6 Å². The summed E-state index contributed by atoms with van der Waals surface area (Å²) in [6, 6.07) is 10.1. The molecule has 4 rings (SSSR count). The Bertz CT molecular complexity index is 1050. The quantitative estimate of drug-likeness (QED) is 0.673. The number of ether oxygens (including phenoxy) is 2. The minimum absolute atomic E-state index is 0.0278. The number of hydrogen-bond donors (Lipinski definition) is 0. The summed E-state index contributed by atoms with van der Waals surface area (Å²) in [6.07, 6.45) is 4.09. The Kier molecular flexibility index (Phi) is 6.82. The molecule has 2 amide bonds. The van der Waals surface area contributed by atoms with Crippen LogP contribution in [-0.2, 0) is 16.0 Å². The van der Waals surface area contributed by atoms with Crippen molar-refractivity contribution in [3.63, 3.8) is 0 Å². The first-order valence-corrected chi connectivity index (χ1v) is 11.0. The molecule has 1 saturated heterocycles. The number of anilines is 1. The van der Waals surface area contributed by atoms with Gasteiger partial charge in [0.1, 0.15) is 5.82 Å². The first-order valence-electron chi connectivity index (χ1n) is 11.0. The summed E-state index contributed by atoms with van der Waals surface area (Å²) in [4.78, 5) is 31.1. The standard InChI is InChI=1S/C25H28FN3O4/c1-32-22-15-18-7-9-28(25(31)17-19(18)16-23(22)33-2)10-8-24(30)29-13-11-27(12-14-29)21-5-3-20(26)4-6-21/h3-7,9,15-16H,8,10-14,17H2,1-2H3. The number of benzene rings is 2. The summed E-state index contributed by atoms with van der Waals surface area (Å²) in [5, 5.41) is 0. The van der Waals surface area contributed by atoms with Crippen LogP contribution in [0.4, 0.5) is 10.1 Å². The molecular formula is C25H28FN3O4. The largest absolute Gasteiger partial charge is 0.493 e. The summed E-state index contributed by atoms with van der Waals surface area (Å²) < 4.78 is 23.8. The minimum atomic E-state index is -0.258. The molecule has 0 saturated carbocycles. The molecule has 0 bridgehead atoms. The number of piperazine rings is 1. The third kappa shape index (κ3) is 5.10. The van der Waals surface area contributed by atoms with E-state index in [0.29, 0.717) is 44.2 Å². The van der Waals surface area contributed by atoms with Gasteiger partial charge in [-0.2, -0.15) is 0 Å². The van der Waals surface area contributed by atoms with Crippen molar-refractivity contribution in [2.45, 2.75) is 12.8 Å². The highest BCUT2D eigenvalue weighted by Gasteiger charge is 2.24. The SMILES string of the molecule is COc1cc2c(cc1OC)CC(=O)N(CCC(=O)N1CCN(c3ccc(F)cc3)CC1)C=C2. The van der Waals surface area contributed by atoms with Gasteiger partial charge in [-0.1, -0.05) is 0 Å². The van der Waals surface area contributed by atoms with E-state index in [4.69, 9.17) is 9.47 Å². The third-order valence-electron chi connectivity index (χ3n) is 6.13. The Morgan fingerprint density at radius 2 is 1.67 bits per heavy atom. The van der Waals surface area contributed by atoms with Crippen LogP contribution in [0.25, 0.3) is 6.08 Å². The summed E-state index contributed by atoms with van der Waals surface area (Å²) >= 11 is 0. The van der Waals surface area contributed by atoms with Gasteiger partial charge in [-0.3, -0.25) is 9.59 Å². The molecule has 2 aromatic rings. The van der Waals surface area contributed by atoms with Gasteiger partial charge in [0.2, 0.25) is 11.8 Å². The normalized spacial score (nSPS) is 15.8. The lowest BCUT2D eigenvalue weighted by atomic mass is 10.0. The van der Waals surface area contributed by atoms with Gasteiger partial charge in [0.25, 0.3) is 0 Å². The van der Waals surface area contributed by atoms with Crippen LogP contribution in [-0.4, -0.2) is 68.6 Å². The molecule has 0 spiro atoms. The van der Waals surface area contributed by atoms with Gasteiger partial charge in [0, 0.05) is 51.0 Å². The van der Waals surface area contributed by atoms with Crippen LogP contribution in [0.3, 0.4) is 0 Å². The number of methoxy groups -OCH3 is 2. The van der Waals surface area contributed by atoms with E-state index in [9.17, 15) is 14.0 Å². The van der Waals surface area contributed by atoms with Gasteiger partial charge in [-0.25, -0.2) is 4.39 Å². The molecule has 2 aliphatic heterocycles. The molecule has 7 nitrogen and oxygen atoms in total. The predicted molar refractivity (Wildman–Crippen MR) is 124 cm³/mol. The highest BCUT2D eigenvalue weighted by atomic mass is 19.1. The molecule has 2 aromatic carbocycles. The number of carbonyl (C=O) groups is 2. The second-order valence-corrected chi connectivity index (χ2v) is 8.08. The van der Waals surface area contributed by atoms with Crippen LogP contribution in [0.2, 0.25) is 0 Å². The lowest BCUT2D eigenvalue weighted by Crippen LogP contribution is -2.49. The Labute approximate surface area is 193 Å². The topological polar surface area (TPSA) is 62.3 Å². The van der Waals surface area contributed by atoms with Crippen LogP contribution in [0.5, 0.6) is 11.5 Å². The number of amides is 2. The van der Waals surface area contributed by atoms with Crippen molar-refractivity contribution >= 4 is 23.6 Å². The summed E-state index contributed by atoms with van der Waals surface area (Å²) in [7, 11) is 3.14. The molecule has 33 heavy (non-hydrogen) atoms. The number of fused-ring (bicyclic) bond motifs is 1. The van der Waals surface area contributed by atoms with Crippen LogP contribution in [0.1, 0.15) is 17.5 Å². The van der Waals surface area contributed by atoms with Gasteiger partial charge < -0.3 is 24.2 Å². The predicted octanol–water partition coefficient (Wildman–Crippen LogP) is 2.94. The molecule has 0 N–H and O–H groups in total. The molecule has 2 heterocycles. The maximum Gasteiger partial charge on any atom is 0.230 e. The fraction of sp³-hybridized carbons (Fsp3) is 0.360. The minimum Gasteiger partial charge on any atom is -0.493 e. The molecule has 0 atom stereocenters. The van der Waals surface area contributed by atoms with Gasteiger partial charge in [-0.05, 0) is 53.6 Å². The molecular weight excluding hydrogens is 425 g/mol. The zero-order valence-corrected chi connectivity index (χ0v) is 18.9. The second kappa shape index (κ2) is 9.94. The van der Waals surface area contributed by atoms with Crippen molar-refractivity contribution < 1.29 is 23.5 Å². The molecule has 8 heteroatoms. The molecule has 0 unspecified atom stereocenters. The van der Waals surface area contributed by atoms with Crippen molar-refractivity contribution in [2.24, 2.45) is 0 Å². The molecule has 174 valence electrons. The third-order valence-corrected chi connectivity index (χ3v) is 6.13. The Morgan fingerprint density at radius 1 is 1.00 bits per heavy atom. The van der Waals surface area contributed by atoms with Gasteiger partial charge >= 0.3 is 0 Å². The van der Waals surface area contributed by atoms with E-state index >= 15 is 0 Å². The molecule has 2 aliphatic rings. The summed E-state index contributed by atoms with van der Waals surface area (Å²) in [5.41, 5.74) is 2.71. The zero-order chi connectivity index (χ0) is 23.4. The number of hydrogen-bond acceptors (Lipinski definition) is 5. The van der Waals surface area contributed by atoms with E-state index in [1.807, 2.05) is 23.1 Å². The Hall–Kier alpha value is -3.55. The Balaban J connectivity index is 1.32. The lowest BCUT2D eigenvalue weighted by Gasteiger charge is -2.36. The van der Waals surface area contributed by atoms with E-state index in [1.165, 1.54) is 12.1 Å². The fourth-order valence-corrected chi connectivity index (χ4v) is 4.20. The lowest BCUT2D eigenvalue weighted by molar-refractivity contribution is -0.133. The maximum atomic E-state index is 13.1. The molecule has 0 aromatic heterocycles. The number of carbonyl (C=O) groups excluding carboxylic acids is 2. The summed E-state index contributed by atoms with van der Waals surface area (Å²) in [6.45, 7) is 2.92. The van der Waals surface area contributed by atoms with Gasteiger partial charge in [0.15, 0.2) is 11.5 Å². The van der Waals surface area contributed by atoms with E-state index in [1.54, 1.807) is 37.5 Å². The van der Waals surface area contributed by atoms with Crippen LogP contribution < -0.4 is 14.4 Å². The van der Waals surface area contributed by atoms with Crippen molar-refractivity contribution in [1.82, 2.24) is 9.80 Å². The second-order valence-electron chi connectivity index (χ2n) is 8.08. The monoisotopic (exact) mass is 453 g/mol. The van der Waals surface area contributed by atoms with Gasteiger partial charge in [-0.15, -0.1) is 0 Å². The van der Waals surface area contributed by atoms with Crippen LogP contribution in [0.15, 0.2) is 42.6 Å². The van der Waals surface area contributed by atoms with Crippen molar-refractivity contribution in [3.8, 4) is 11.5 Å². The first kappa shape index (κ1) is 22.6. The van der Waals surface area contributed by atoms with E-state index in [0.717, 1.165) is 16.8 Å². The highest BCUT2D eigenvalue weighted by molar-refractivity contribution is 5.85. The summed E-state index contributed by atoms with van der Waals surface area (Å²) in [5.74, 6) is 0.898. The molecule has 0 radical (unpaired) electrons. The first-order chi connectivity index (χ1) is 16.0. The number of nitrogens with zero attached hydrogens (tertiary/aromatic N) is 3. The maximum absolute atomic E-state index is 13.1. The number of halogens is 1. The van der Waals surface area contributed by atoms with Crippen LogP contribution >= 0.6 is 0 Å². The van der Waals surface area contributed by atoms with Crippen molar-refractivity contribution in [2.75, 3.05) is 51.8 Å². The van der Waals surface area contributed by atoms with E-state index < -0.39 is 0 Å². The molecule has 0 aliphatic carbocycles. The molecule has 1 fully saturated rings. The smallest absolute Gasteiger partial charge is 0.230 e. The van der Waals surface area contributed by atoms with Crippen molar-refractivity contribution in [3.05, 3.63) is 59.5 Å². The van der Waals surface area contributed by atoms with Crippen LogP contribution in [0, 0.1) is 5.82 Å². The number of rotatable bonds is 6. The van der Waals surface area contributed by atoms with E-state index in [-0.39, 0.29) is 30.5 Å². The highest BCUT2D eigenvalue weighted by Crippen LogP contribution is 2.32. The Morgan fingerprint density at radius 3 is 2.33 bits per heavy atom. The van der Waals surface area contributed by atoms with E-state index in [2.05, 4.69) is 4.90 Å². The zero-order valence-electron chi connectivity index (χ0n) is 18.9. The van der Waals surface area contributed by atoms with Crippen molar-refractivity contribution in [1.29, 1.82) is 0 Å². The average molecular weight is 454 g/mol. The fourth-order valence-electron chi connectivity index (χ4n) is 4.20.